The fourth-order valence-corrected chi connectivity index (χ4v) is 6.79. The van der Waals surface area contributed by atoms with Crippen LogP contribution in [0.15, 0.2) is 36.7 Å². The highest BCUT2D eigenvalue weighted by molar-refractivity contribution is 8.09. The number of rotatable bonds is 11. The van der Waals surface area contributed by atoms with Crippen LogP contribution in [0.25, 0.3) is 11.2 Å². The Morgan fingerprint density at radius 2 is 2.10 bits per heavy atom. The van der Waals surface area contributed by atoms with Gasteiger partial charge in [-0.05, 0) is 37.8 Å². The second-order valence-electron chi connectivity index (χ2n) is 8.84. The molecule has 0 radical (unpaired) electrons. The summed E-state index contributed by atoms with van der Waals surface area (Å²) < 4.78 is 39.8. The molecule has 0 bridgehead atoms. The van der Waals surface area contributed by atoms with Gasteiger partial charge >= 0.3 is 12.6 Å². The predicted molar refractivity (Wildman–Crippen MR) is 146 cm³/mol. The van der Waals surface area contributed by atoms with E-state index in [0.29, 0.717) is 28.6 Å². The topological polar surface area (TPSA) is 142 Å². The maximum atomic E-state index is 15.6. The second kappa shape index (κ2) is 12.0. The number of anilines is 1. The van der Waals surface area contributed by atoms with Crippen molar-refractivity contribution in [1.29, 1.82) is 0 Å². The number of ether oxygens (including phenoxy) is 2. The first kappa shape index (κ1) is 29.5. The van der Waals surface area contributed by atoms with E-state index in [4.69, 9.17) is 41.9 Å². The van der Waals surface area contributed by atoms with Crippen molar-refractivity contribution >= 4 is 53.0 Å². The first-order valence-corrected chi connectivity index (χ1v) is 15.0. The summed E-state index contributed by atoms with van der Waals surface area (Å²) >= 11 is 11.9. The Labute approximate surface area is 234 Å². The van der Waals surface area contributed by atoms with Crippen molar-refractivity contribution in [2.45, 2.75) is 44.0 Å². The number of nitrogens with one attached hydrogen (secondary N) is 2. The molecule has 3 heterocycles. The van der Waals surface area contributed by atoms with Crippen LogP contribution in [0.5, 0.6) is 5.75 Å². The van der Waals surface area contributed by atoms with Crippen LogP contribution in [0, 0.1) is 6.92 Å². The minimum Gasteiger partial charge on any atom is -0.468 e. The monoisotopic (exact) mass is 602 g/mol. The van der Waals surface area contributed by atoms with Crippen molar-refractivity contribution in [1.82, 2.24) is 24.6 Å². The summed E-state index contributed by atoms with van der Waals surface area (Å²) in [6, 6.07) is 7.69. The lowest BCUT2D eigenvalue weighted by atomic mass is 9.99. The summed E-state index contributed by atoms with van der Waals surface area (Å²) in [5, 5.41) is 16.8. The van der Waals surface area contributed by atoms with Gasteiger partial charge in [-0.2, -0.15) is 0 Å². The maximum Gasteiger partial charge on any atom is 0.323 e. The Morgan fingerprint density at radius 1 is 1.38 bits per heavy atom. The zero-order valence-electron chi connectivity index (χ0n) is 21.6. The van der Waals surface area contributed by atoms with E-state index in [1.165, 1.54) is 24.9 Å². The number of aliphatic hydroxyl groups is 1. The number of halogens is 2. The summed E-state index contributed by atoms with van der Waals surface area (Å²) in [6.45, 7) is -0.729. The molecule has 1 unspecified atom stereocenters. The zero-order chi connectivity index (χ0) is 28.4. The lowest BCUT2D eigenvalue weighted by molar-refractivity contribution is -0.142. The molecule has 0 saturated carbocycles. The maximum absolute atomic E-state index is 15.6. The first-order valence-electron chi connectivity index (χ1n) is 11.9. The third kappa shape index (κ3) is 6.02. The van der Waals surface area contributed by atoms with Crippen LogP contribution in [-0.4, -0.2) is 81.2 Å². The van der Waals surface area contributed by atoms with Crippen LogP contribution >= 0.6 is 18.2 Å². The van der Waals surface area contributed by atoms with Gasteiger partial charge in [-0.15, -0.1) is 11.6 Å². The van der Waals surface area contributed by atoms with E-state index in [-0.39, 0.29) is 5.88 Å². The van der Waals surface area contributed by atoms with Crippen LogP contribution in [0.4, 0.5) is 10.2 Å². The van der Waals surface area contributed by atoms with E-state index in [1.807, 2.05) is 0 Å². The number of aryl methyl sites for hydroxylation is 1. The van der Waals surface area contributed by atoms with E-state index in [0.717, 1.165) is 0 Å². The van der Waals surface area contributed by atoms with Gasteiger partial charge in [-0.1, -0.05) is 18.2 Å². The molecule has 16 heteroatoms. The number of carbonyl (C=O) groups is 1. The summed E-state index contributed by atoms with van der Waals surface area (Å²) in [5.41, 5.74) is -1.01. The standard InChI is InChI=1S/C23H29ClFN6O6PS/c1-13(22(33)34-4)30-38(39,37-15-8-6-5-7-9-15)35-11-23(10-24)18(32)16(25)21(36-23)31-12-27-17-19(26-3)28-14(2)29-20(17)31/h5-9,12-13,16,18,21,32H,10-11H2,1-4H3,(H,30,39)(H,26,28,29)/t13-,16-,18-,21+,23+,38?/m0/s1. The quantitative estimate of drug-likeness (QED) is 0.169. The molecule has 6 atom stereocenters. The number of methoxy groups -OCH3 is 1. The lowest BCUT2D eigenvalue weighted by Crippen LogP contribution is -2.48. The van der Waals surface area contributed by atoms with Crippen molar-refractivity contribution in [2.24, 2.45) is 0 Å². The van der Waals surface area contributed by atoms with E-state index in [1.54, 1.807) is 44.3 Å². The number of carbonyl (C=O) groups excluding carboxylic acids is 1. The summed E-state index contributed by atoms with van der Waals surface area (Å²) in [5.74, 6) is 0.323. The van der Waals surface area contributed by atoms with Gasteiger partial charge in [0, 0.05) is 7.05 Å². The molecular weight excluding hydrogens is 574 g/mol. The number of esters is 1. The number of fused-ring (bicyclic) bond motifs is 1. The zero-order valence-corrected chi connectivity index (χ0v) is 24.0. The normalized spacial score (nSPS) is 25.3. The molecule has 0 amide bonds. The third-order valence-electron chi connectivity index (χ3n) is 6.09. The third-order valence-corrected chi connectivity index (χ3v) is 9.03. The van der Waals surface area contributed by atoms with E-state index in [9.17, 15) is 9.90 Å². The number of aromatic nitrogens is 4. The van der Waals surface area contributed by atoms with Gasteiger partial charge in [0.05, 0.1) is 25.9 Å². The molecule has 4 rings (SSSR count). The van der Waals surface area contributed by atoms with Gasteiger partial charge in [-0.3, -0.25) is 9.36 Å². The highest BCUT2D eigenvalue weighted by Crippen LogP contribution is 2.49. The van der Waals surface area contributed by atoms with Gasteiger partial charge in [0.15, 0.2) is 29.4 Å². The number of aliphatic hydroxyl groups excluding tert-OH is 1. The first-order chi connectivity index (χ1) is 18.6. The van der Waals surface area contributed by atoms with Crippen molar-refractivity contribution in [3.63, 3.8) is 0 Å². The molecular formula is C23H29ClFN6O6PS. The minimum absolute atomic E-state index is 0.309. The predicted octanol–water partition coefficient (Wildman–Crippen LogP) is 2.85. The fraction of sp³-hybridized carbons (Fsp3) is 0.478. The Bertz CT molecular complexity index is 1370. The van der Waals surface area contributed by atoms with E-state index >= 15 is 4.39 Å². The molecule has 0 aliphatic carbocycles. The van der Waals surface area contributed by atoms with Gasteiger partial charge in [0.2, 0.25) is 0 Å². The van der Waals surface area contributed by atoms with Crippen LogP contribution in [-0.2, 0) is 30.6 Å². The van der Waals surface area contributed by atoms with Crippen LogP contribution in [0.1, 0.15) is 19.0 Å². The Balaban J connectivity index is 1.62. The largest absolute Gasteiger partial charge is 0.468 e. The smallest absolute Gasteiger partial charge is 0.323 e. The molecule has 3 N–H and O–H groups in total. The average molecular weight is 603 g/mol. The van der Waals surface area contributed by atoms with Crippen molar-refractivity contribution in [3.05, 3.63) is 42.5 Å². The molecule has 1 saturated heterocycles. The van der Waals surface area contributed by atoms with E-state index in [2.05, 4.69) is 25.4 Å². The molecule has 0 spiro atoms. The van der Waals surface area contributed by atoms with Crippen molar-refractivity contribution < 1.29 is 32.8 Å². The average Bonchev–Trinajstić information content (AvgIpc) is 3.45. The van der Waals surface area contributed by atoms with Crippen LogP contribution in [0.3, 0.4) is 0 Å². The number of alkyl halides is 2. The van der Waals surface area contributed by atoms with Gasteiger partial charge < -0.3 is 28.9 Å². The van der Waals surface area contributed by atoms with Gasteiger partial charge in [0.1, 0.15) is 29.3 Å². The Morgan fingerprint density at radius 3 is 2.74 bits per heavy atom. The number of para-hydroxylation sites is 1. The van der Waals surface area contributed by atoms with Crippen molar-refractivity contribution in [3.8, 4) is 5.75 Å². The van der Waals surface area contributed by atoms with Crippen molar-refractivity contribution in [2.75, 3.05) is 32.0 Å². The van der Waals surface area contributed by atoms with E-state index < -0.39 is 49.4 Å². The molecule has 1 aliphatic heterocycles. The fourth-order valence-electron chi connectivity index (χ4n) is 4.06. The number of hydrogen-bond donors (Lipinski definition) is 3. The Kier molecular flexibility index (Phi) is 9.06. The molecule has 12 nitrogen and oxygen atoms in total. The highest BCUT2D eigenvalue weighted by Gasteiger charge is 2.57. The Hall–Kier alpha value is -2.45. The SMILES string of the molecule is CNc1nc(C)nc2c1ncn2[C@@H]1O[C@](CCl)(COP(=S)(N[C@@H](C)C(=O)OC)Oc2ccccc2)[C@@H](O)[C@@H]1F. The molecule has 1 aliphatic rings. The van der Waals surface area contributed by atoms with Gasteiger partial charge in [0.25, 0.3) is 0 Å². The van der Waals surface area contributed by atoms with Crippen LogP contribution in [0.2, 0.25) is 0 Å². The van der Waals surface area contributed by atoms with Gasteiger partial charge in [-0.25, -0.2) is 24.4 Å². The number of nitrogens with zero attached hydrogens (tertiary/aromatic N) is 4. The highest BCUT2D eigenvalue weighted by atomic mass is 35.5. The summed E-state index contributed by atoms with van der Waals surface area (Å²) in [4.78, 5) is 25.0. The molecule has 3 aromatic rings. The molecule has 212 valence electrons. The molecule has 1 aromatic carbocycles. The summed E-state index contributed by atoms with van der Waals surface area (Å²) in [7, 11) is 2.92. The number of imidazole rings is 1. The molecule has 1 fully saturated rings. The number of benzene rings is 1. The lowest BCUT2D eigenvalue weighted by Gasteiger charge is -2.33. The number of hydrogen-bond acceptors (Lipinski definition) is 11. The summed E-state index contributed by atoms with van der Waals surface area (Å²) in [6.07, 6.45) is -3.60. The molecule has 2 aromatic heterocycles. The molecule has 39 heavy (non-hydrogen) atoms. The minimum atomic E-state index is -3.49. The van der Waals surface area contributed by atoms with Crippen LogP contribution < -0.4 is 14.9 Å². The second-order valence-corrected chi connectivity index (χ2v) is 12.2.